The van der Waals surface area contributed by atoms with Gasteiger partial charge in [0.2, 0.25) is 0 Å². The zero-order chi connectivity index (χ0) is 16.9. The fraction of sp³-hybridized carbons (Fsp3) is 0.0625. The zero-order valence-electron chi connectivity index (χ0n) is 12.4. The van der Waals surface area contributed by atoms with E-state index in [0.29, 0.717) is 0 Å². The van der Waals surface area contributed by atoms with Crippen LogP contribution in [0.1, 0.15) is 11.1 Å². The second-order valence-corrected chi connectivity index (χ2v) is 6.27. The lowest BCUT2D eigenvalue weighted by Gasteiger charge is -2.05. The highest BCUT2D eigenvalue weighted by molar-refractivity contribution is 7.85. The minimum Gasteiger partial charge on any atom is -0.314 e. The monoisotopic (exact) mass is 332 g/mol. The maximum absolute atomic E-state index is 11.7. The predicted octanol–water partition coefficient (Wildman–Crippen LogP) is 3.03. The SMILES string of the molecule is Cc1cccc(/C=C/NC(=O)Nc2cccc(S(=O)(=O)O)c2)c1. The lowest BCUT2D eigenvalue weighted by Crippen LogP contribution is -2.23. The van der Waals surface area contributed by atoms with Gasteiger partial charge in [0, 0.05) is 11.9 Å². The highest BCUT2D eigenvalue weighted by Crippen LogP contribution is 2.14. The van der Waals surface area contributed by atoms with E-state index in [-0.39, 0.29) is 10.6 Å². The summed E-state index contributed by atoms with van der Waals surface area (Å²) in [7, 11) is -4.30. The predicted molar refractivity (Wildman–Crippen MR) is 88.6 cm³/mol. The highest BCUT2D eigenvalue weighted by Gasteiger charge is 2.10. The number of carbonyl (C=O) groups is 1. The van der Waals surface area contributed by atoms with Gasteiger partial charge in [0.1, 0.15) is 0 Å². The molecule has 23 heavy (non-hydrogen) atoms. The Hall–Kier alpha value is -2.64. The smallest absolute Gasteiger partial charge is 0.314 e. The summed E-state index contributed by atoms with van der Waals surface area (Å²) >= 11 is 0. The van der Waals surface area contributed by atoms with Crippen molar-refractivity contribution in [3.63, 3.8) is 0 Å². The number of carbonyl (C=O) groups excluding carboxylic acids is 1. The minimum atomic E-state index is -4.30. The number of hydrogen-bond donors (Lipinski definition) is 3. The van der Waals surface area contributed by atoms with Crippen LogP contribution in [-0.4, -0.2) is 19.0 Å². The van der Waals surface area contributed by atoms with E-state index < -0.39 is 16.1 Å². The molecular formula is C16H16N2O4S. The van der Waals surface area contributed by atoms with Crippen molar-refractivity contribution in [2.45, 2.75) is 11.8 Å². The van der Waals surface area contributed by atoms with Crippen molar-refractivity contribution in [3.05, 3.63) is 65.9 Å². The molecule has 0 fully saturated rings. The first kappa shape index (κ1) is 16.7. The van der Waals surface area contributed by atoms with Crippen molar-refractivity contribution in [2.24, 2.45) is 0 Å². The van der Waals surface area contributed by atoms with Crippen LogP contribution in [0.25, 0.3) is 6.08 Å². The molecule has 0 radical (unpaired) electrons. The molecule has 7 heteroatoms. The van der Waals surface area contributed by atoms with Crippen LogP contribution in [0.3, 0.4) is 0 Å². The van der Waals surface area contributed by atoms with E-state index in [4.69, 9.17) is 4.55 Å². The molecule has 120 valence electrons. The average Bonchev–Trinajstić information content (AvgIpc) is 2.46. The third-order valence-corrected chi connectivity index (χ3v) is 3.77. The van der Waals surface area contributed by atoms with Crippen molar-refractivity contribution in [2.75, 3.05) is 5.32 Å². The zero-order valence-corrected chi connectivity index (χ0v) is 13.2. The van der Waals surface area contributed by atoms with Crippen molar-refractivity contribution in [1.82, 2.24) is 5.32 Å². The molecule has 0 unspecified atom stereocenters. The van der Waals surface area contributed by atoms with Gasteiger partial charge in [0.15, 0.2) is 0 Å². The fourth-order valence-electron chi connectivity index (χ4n) is 1.89. The summed E-state index contributed by atoms with van der Waals surface area (Å²) in [5.74, 6) is 0. The molecule has 2 aromatic rings. The van der Waals surface area contributed by atoms with E-state index in [0.717, 1.165) is 11.1 Å². The molecule has 0 atom stereocenters. The van der Waals surface area contributed by atoms with Gasteiger partial charge in [0.05, 0.1) is 4.90 Å². The second kappa shape index (κ2) is 7.08. The van der Waals surface area contributed by atoms with Gasteiger partial charge in [-0.1, -0.05) is 35.9 Å². The van der Waals surface area contributed by atoms with Crippen LogP contribution in [0.5, 0.6) is 0 Å². The fourth-order valence-corrected chi connectivity index (χ4v) is 2.42. The van der Waals surface area contributed by atoms with E-state index in [1.54, 1.807) is 6.08 Å². The summed E-state index contributed by atoms with van der Waals surface area (Å²) < 4.78 is 31.1. The number of aryl methyl sites for hydroxylation is 1. The van der Waals surface area contributed by atoms with E-state index in [1.807, 2.05) is 31.2 Å². The van der Waals surface area contributed by atoms with Crippen molar-refractivity contribution in [3.8, 4) is 0 Å². The van der Waals surface area contributed by atoms with Crippen LogP contribution in [0, 0.1) is 6.92 Å². The molecule has 2 aromatic carbocycles. The maximum Gasteiger partial charge on any atom is 0.323 e. The molecule has 6 nitrogen and oxygen atoms in total. The van der Waals surface area contributed by atoms with E-state index in [9.17, 15) is 13.2 Å². The normalized spacial score (nSPS) is 11.4. The molecule has 0 saturated heterocycles. The lowest BCUT2D eigenvalue weighted by molar-refractivity contribution is 0.255. The number of rotatable bonds is 4. The Morgan fingerprint density at radius 3 is 2.57 bits per heavy atom. The molecule has 3 N–H and O–H groups in total. The van der Waals surface area contributed by atoms with Gasteiger partial charge < -0.3 is 10.6 Å². The molecule has 2 amide bonds. The Labute approximate surface area is 134 Å². The number of amides is 2. The van der Waals surface area contributed by atoms with Gasteiger partial charge in [-0.05, 0) is 36.8 Å². The third kappa shape index (κ3) is 5.24. The maximum atomic E-state index is 11.7. The summed E-state index contributed by atoms with van der Waals surface area (Å²) in [6.07, 6.45) is 3.22. The number of anilines is 1. The Balaban J connectivity index is 1.97. The highest BCUT2D eigenvalue weighted by atomic mass is 32.2. The number of urea groups is 1. The van der Waals surface area contributed by atoms with Gasteiger partial charge >= 0.3 is 6.03 Å². The summed E-state index contributed by atoms with van der Waals surface area (Å²) in [6.45, 7) is 1.97. The Morgan fingerprint density at radius 1 is 1.13 bits per heavy atom. The molecule has 0 aliphatic rings. The Bertz CT molecular complexity index is 845. The molecule has 0 bridgehead atoms. The van der Waals surface area contributed by atoms with E-state index in [1.165, 1.54) is 30.5 Å². The standard InChI is InChI=1S/C16H16N2O4S/c1-12-4-2-5-13(10-12)8-9-17-16(19)18-14-6-3-7-15(11-14)23(20,21)22/h2-11H,1H3,(H2,17,18,19)(H,20,21,22)/b9-8+. The lowest BCUT2D eigenvalue weighted by atomic mass is 10.1. The van der Waals surface area contributed by atoms with Crippen LogP contribution in [0.4, 0.5) is 10.5 Å². The number of hydrogen-bond acceptors (Lipinski definition) is 3. The Kier molecular flexibility index (Phi) is 5.15. The largest absolute Gasteiger partial charge is 0.323 e. The molecule has 0 saturated carbocycles. The number of benzene rings is 2. The summed E-state index contributed by atoms with van der Waals surface area (Å²) in [6, 6.07) is 12.6. The van der Waals surface area contributed by atoms with E-state index in [2.05, 4.69) is 10.6 Å². The van der Waals surface area contributed by atoms with Crippen LogP contribution in [-0.2, 0) is 10.1 Å². The first-order chi connectivity index (χ1) is 10.8. The van der Waals surface area contributed by atoms with Crippen LogP contribution >= 0.6 is 0 Å². The summed E-state index contributed by atoms with van der Waals surface area (Å²) in [5.41, 5.74) is 2.30. The second-order valence-electron chi connectivity index (χ2n) is 4.85. The van der Waals surface area contributed by atoms with Gasteiger partial charge in [-0.2, -0.15) is 8.42 Å². The quantitative estimate of drug-likeness (QED) is 0.750. The van der Waals surface area contributed by atoms with Crippen LogP contribution in [0.15, 0.2) is 59.6 Å². The molecule has 0 spiro atoms. The third-order valence-electron chi connectivity index (χ3n) is 2.92. The van der Waals surface area contributed by atoms with Crippen LogP contribution < -0.4 is 10.6 Å². The molecule has 0 heterocycles. The molecule has 0 aliphatic heterocycles. The van der Waals surface area contributed by atoms with Crippen molar-refractivity contribution in [1.29, 1.82) is 0 Å². The first-order valence-corrected chi connectivity index (χ1v) is 8.17. The van der Waals surface area contributed by atoms with E-state index >= 15 is 0 Å². The molecular weight excluding hydrogens is 316 g/mol. The Morgan fingerprint density at radius 2 is 1.87 bits per heavy atom. The summed E-state index contributed by atoms with van der Waals surface area (Å²) in [4.78, 5) is 11.5. The topological polar surface area (TPSA) is 95.5 Å². The average molecular weight is 332 g/mol. The van der Waals surface area contributed by atoms with Gasteiger partial charge in [-0.3, -0.25) is 4.55 Å². The van der Waals surface area contributed by atoms with Gasteiger partial charge in [-0.15, -0.1) is 0 Å². The van der Waals surface area contributed by atoms with Crippen molar-refractivity contribution >= 4 is 27.9 Å². The van der Waals surface area contributed by atoms with Gasteiger partial charge in [0.25, 0.3) is 10.1 Å². The summed E-state index contributed by atoms with van der Waals surface area (Å²) in [5, 5.41) is 4.99. The molecule has 0 aliphatic carbocycles. The minimum absolute atomic E-state index is 0.251. The molecule has 2 rings (SSSR count). The first-order valence-electron chi connectivity index (χ1n) is 6.73. The number of nitrogens with one attached hydrogen (secondary N) is 2. The molecule has 0 aromatic heterocycles. The van der Waals surface area contributed by atoms with Crippen molar-refractivity contribution < 1.29 is 17.8 Å². The van der Waals surface area contributed by atoms with Gasteiger partial charge in [-0.25, -0.2) is 4.79 Å². The van der Waals surface area contributed by atoms with Crippen LogP contribution in [0.2, 0.25) is 0 Å².